The van der Waals surface area contributed by atoms with Crippen molar-refractivity contribution < 1.29 is 4.79 Å². The molecule has 104 valence electrons. The second-order valence-electron chi connectivity index (χ2n) is 5.34. The van der Waals surface area contributed by atoms with Crippen LogP contribution in [0.5, 0.6) is 0 Å². The number of urea groups is 1. The molecule has 3 nitrogen and oxygen atoms in total. The van der Waals surface area contributed by atoms with Gasteiger partial charge in [-0.1, -0.05) is 38.3 Å². The van der Waals surface area contributed by atoms with E-state index in [1.54, 1.807) is 0 Å². The molecule has 0 aromatic heterocycles. The summed E-state index contributed by atoms with van der Waals surface area (Å²) in [6.45, 7) is 2.94. The van der Waals surface area contributed by atoms with Crippen LogP contribution in [0.1, 0.15) is 56.9 Å². The van der Waals surface area contributed by atoms with Crippen LogP contribution < -0.4 is 10.6 Å². The van der Waals surface area contributed by atoms with E-state index >= 15 is 0 Å². The minimum Gasteiger partial charge on any atom is -0.338 e. The van der Waals surface area contributed by atoms with Crippen molar-refractivity contribution in [3.63, 3.8) is 0 Å². The van der Waals surface area contributed by atoms with Gasteiger partial charge in [0.2, 0.25) is 0 Å². The highest BCUT2D eigenvalue weighted by atomic mass is 16.2. The first-order valence-corrected chi connectivity index (χ1v) is 7.44. The highest BCUT2D eigenvalue weighted by Gasteiger charge is 2.22. The summed E-state index contributed by atoms with van der Waals surface area (Å²) in [5.74, 6) is 0.765. The number of nitrogens with one attached hydrogen (secondary N) is 2. The van der Waals surface area contributed by atoms with Crippen LogP contribution in [-0.4, -0.2) is 12.6 Å². The molecule has 3 heteroatoms. The average molecular weight is 260 g/mol. The van der Waals surface area contributed by atoms with Crippen molar-refractivity contribution in [3.8, 4) is 0 Å². The molecule has 0 atom stereocenters. The van der Waals surface area contributed by atoms with Gasteiger partial charge < -0.3 is 10.6 Å². The Kier molecular flexibility index (Phi) is 5.25. The molecular formula is C16H24N2O. The van der Waals surface area contributed by atoms with E-state index < -0.39 is 0 Å². The monoisotopic (exact) mass is 260 g/mol. The lowest BCUT2D eigenvalue weighted by Crippen LogP contribution is -2.29. The van der Waals surface area contributed by atoms with Gasteiger partial charge >= 0.3 is 6.03 Å². The first kappa shape index (κ1) is 13.9. The fourth-order valence-corrected chi connectivity index (χ4v) is 2.18. The molecule has 2 rings (SSSR count). The molecule has 1 aromatic carbocycles. The van der Waals surface area contributed by atoms with Gasteiger partial charge in [-0.15, -0.1) is 0 Å². The molecule has 0 aliphatic heterocycles. The van der Waals surface area contributed by atoms with Gasteiger partial charge in [-0.05, 0) is 42.9 Å². The van der Waals surface area contributed by atoms with Crippen molar-refractivity contribution in [2.24, 2.45) is 0 Å². The van der Waals surface area contributed by atoms with Gasteiger partial charge in [0, 0.05) is 12.2 Å². The van der Waals surface area contributed by atoms with Crippen LogP contribution >= 0.6 is 0 Å². The zero-order chi connectivity index (χ0) is 13.5. The smallest absolute Gasteiger partial charge is 0.319 e. The van der Waals surface area contributed by atoms with E-state index in [2.05, 4.69) is 29.7 Å². The van der Waals surface area contributed by atoms with E-state index in [1.807, 2.05) is 12.1 Å². The number of rotatable bonds is 7. The van der Waals surface area contributed by atoms with E-state index in [4.69, 9.17) is 0 Å². The van der Waals surface area contributed by atoms with Crippen molar-refractivity contribution in [1.29, 1.82) is 0 Å². The van der Waals surface area contributed by atoms with Crippen LogP contribution in [0.3, 0.4) is 0 Å². The molecule has 2 amide bonds. The lowest BCUT2D eigenvalue weighted by atomic mass is 10.1. The summed E-state index contributed by atoms with van der Waals surface area (Å²) in [7, 11) is 0. The fourth-order valence-electron chi connectivity index (χ4n) is 2.18. The average Bonchev–Trinajstić information content (AvgIpc) is 3.24. The number of amides is 2. The lowest BCUT2D eigenvalue weighted by molar-refractivity contribution is 0.252. The first-order chi connectivity index (χ1) is 9.29. The Morgan fingerprint density at radius 3 is 2.53 bits per heavy atom. The maximum Gasteiger partial charge on any atom is 0.319 e. The van der Waals surface area contributed by atoms with Crippen LogP contribution in [0.2, 0.25) is 0 Å². The number of carbonyl (C=O) groups is 1. The Labute approximate surface area is 115 Å². The lowest BCUT2D eigenvalue weighted by Gasteiger charge is -2.08. The third kappa shape index (κ3) is 4.93. The summed E-state index contributed by atoms with van der Waals surface area (Å²) in [6, 6.07) is 8.12. The van der Waals surface area contributed by atoms with Crippen molar-refractivity contribution in [2.75, 3.05) is 11.9 Å². The molecule has 1 aliphatic rings. The summed E-state index contributed by atoms with van der Waals surface area (Å²) in [5, 5.41) is 5.76. The molecule has 1 fully saturated rings. The zero-order valence-electron chi connectivity index (χ0n) is 11.7. The Morgan fingerprint density at radius 2 is 1.89 bits per heavy atom. The zero-order valence-corrected chi connectivity index (χ0v) is 11.7. The maximum atomic E-state index is 11.7. The molecule has 0 heterocycles. The van der Waals surface area contributed by atoms with Crippen molar-refractivity contribution in [3.05, 3.63) is 29.8 Å². The summed E-state index contributed by atoms with van der Waals surface area (Å²) in [4.78, 5) is 11.7. The molecule has 1 saturated carbocycles. The highest BCUT2D eigenvalue weighted by Crippen LogP contribution is 2.40. The van der Waals surface area contributed by atoms with E-state index in [-0.39, 0.29) is 6.03 Å². The number of benzene rings is 1. The van der Waals surface area contributed by atoms with Gasteiger partial charge in [-0.2, -0.15) is 0 Å². The van der Waals surface area contributed by atoms with Gasteiger partial charge in [-0.25, -0.2) is 4.79 Å². The van der Waals surface area contributed by atoms with Crippen LogP contribution in [-0.2, 0) is 0 Å². The number of anilines is 1. The van der Waals surface area contributed by atoms with E-state index in [9.17, 15) is 4.79 Å². The Balaban J connectivity index is 1.66. The van der Waals surface area contributed by atoms with Crippen LogP contribution in [0.4, 0.5) is 10.5 Å². The molecule has 0 saturated heterocycles. The number of hydrogen-bond donors (Lipinski definition) is 2. The SMILES string of the molecule is CCCCCCNC(=O)Nc1ccc(C2CC2)cc1. The third-order valence-corrected chi connectivity index (χ3v) is 3.53. The van der Waals surface area contributed by atoms with Gasteiger partial charge in [0.15, 0.2) is 0 Å². The first-order valence-electron chi connectivity index (χ1n) is 7.44. The van der Waals surface area contributed by atoms with E-state index in [0.29, 0.717) is 0 Å². The Morgan fingerprint density at radius 1 is 1.16 bits per heavy atom. The number of carbonyl (C=O) groups excluding carboxylic acids is 1. The topological polar surface area (TPSA) is 41.1 Å². The summed E-state index contributed by atoms with van der Waals surface area (Å²) in [6.07, 6.45) is 7.33. The summed E-state index contributed by atoms with van der Waals surface area (Å²) in [5.41, 5.74) is 2.26. The minimum absolute atomic E-state index is 0.101. The minimum atomic E-state index is -0.101. The van der Waals surface area contributed by atoms with Crippen LogP contribution in [0.15, 0.2) is 24.3 Å². The van der Waals surface area contributed by atoms with Gasteiger partial charge in [0.05, 0.1) is 0 Å². The third-order valence-electron chi connectivity index (χ3n) is 3.53. The second kappa shape index (κ2) is 7.17. The van der Waals surface area contributed by atoms with Crippen LogP contribution in [0, 0.1) is 0 Å². The fraction of sp³-hybridized carbons (Fsp3) is 0.562. The Bertz CT molecular complexity index is 396. The molecule has 1 aliphatic carbocycles. The molecule has 0 bridgehead atoms. The molecule has 2 N–H and O–H groups in total. The Hall–Kier alpha value is -1.51. The largest absolute Gasteiger partial charge is 0.338 e. The van der Waals surface area contributed by atoms with Gasteiger partial charge in [-0.3, -0.25) is 0 Å². The van der Waals surface area contributed by atoms with Crippen LogP contribution in [0.25, 0.3) is 0 Å². The van der Waals surface area contributed by atoms with Crippen molar-refractivity contribution >= 4 is 11.7 Å². The van der Waals surface area contributed by atoms with E-state index in [0.717, 1.165) is 24.6 Å². The quantitative estimate of drug-likeness (QED) is 0.706. The van der Waals surface area contributed by atoms with Crippen molar-refractivity contribution in [2.45, 2.75) is 51.4 Å². The number of hydrogen-bond acceptors (Lipinski definition) is 1. The molecular weight excluding hydrogens is 236 g/mol. The highest BCUT2D eigenvalue weighted by molar-refractivity contribution is 5.89. The van der Waals surface area contributed by atoms with Gasteiger partial charge in [0.25, 0.3) is 0 Å². The molecule has 0 radical (unpaired) electrons. The second-order valence-corrected chi connectivity index (χ2v) is 5.34. The normalized spacial score (nSPS) is 14.2. The van der Waals surface area contributed by atoms with Gasteiger partial charge in [0.1, 0.15) is 0 Å². The molecule has 0 spiro atoms. The maximum absolute atomic E-state index is 11.7. The predicted octanol–water partition coefficient (Wildman–Crippen LogP) is 4.27. The molecule has 1 aromatic rings. The van der Waals surface area contributed by atoms with Crippen molar-refractivity contribution in [1.82, 2.24) is 5.32 Å². The standard InChI is InChI=1S/C16H24N2O/c1-2-3-4-5-12-17-16(19)18-15-10-8-14(9-11-15)13-6-7-13/h8-11,13H,2-7,12H2,1H3,(H2,17,18,19). The molecule has 19 heavy (non-hydrogen) atoms. The molecule has 0 unspecified atom stereocenters. The van der Waals surface area contributed by atoms with E-state index in [1.165, 1.54) is 37.7 Å². The summed E-state index contributed by atoms with van der Waals surface area (Å²) < 4.78 is 0. The summed E-state index contributed by atoms with van der Waals surface area (Å²) >= 11 is 0. The number of unbranched alkanes of at least 4 members (excludes halogenated alkanes) is 3. The predicted molar refractivity (Wildman–Crippen MR) is 79.6 cm³/mol.